The number of pyridine rings is 1. The lowest BCUT2D eigenvalue weighted by atomic mass is 9.71. The Bertz CT molecular complexity index is 826. The molecule has 1 spiro atoms. The van der Waals surface area contributed by atoms with Crippen molar-refractivity contribution < 1.29 is 4.79 Å². The molecule has 4 heteroatoms. The van der Waals surface area contributed by atoms with Gasteiger partial charge in [-0.05, 0) is 62.1 Å². The quantitative estimate of drug-likeness (QED) is 0.824. The van der Waals surface area contributed by atoms with Crippen molar-refractivity contribution in [3.8, 4) is 0 Å². The van der Waals surface area contributed by atoms with E-state index in [1.165, 1.54) is 37.7 Å². The van der Waals surface area contributed by atoms with Gasteiger partial charge in [0.25, 0.3) is 0 Å². The normalized spacial score (nSPS) is 23.0. The molecule has 0 saturated carbocycles. The number of hydrogen-bond donors (Lipinski definition) is 1. The number of carbonyl (C=O) groups is 1. The van der Waals surface area contributed by atoms with Crippen LogP contribution in [0, 0.1) is 5.41 Å². The number of allylic oxidation sites excluding steroid dienone is 2. The molecule has 1 unspecified atom stereocenters. The van der Waals surface area contributed by atoms with E-state index in [0.717, 1.165) is 30.4 Å². The van der Waals surface area contributed by atoms with Gasteiger partial charge in [0.15, 0.2) is 0 Å². The number of nitrogens with one attached hydrogen (secondary N) is 1. The Morgan fingerprint density at radius 3 is 3.00 bits per heavy atom. The summed E-state index contributed by atoms with van der Waals surface area (Å²) in [6, 6.07) is 10.3. The molecule has 27 heavy (non-hydrogen) atoms. The van der Waals surface area contributed by atoms with Gasteiger partial charge in [0.2, 0.25) is 5.91 Å². The molecule has 142 valence electrons. The summed E-state index contributed by atoms with van der Waals surface area (Å²) in [4.78, 5) is 19.3. The van der Waals surface area contributed by atoms with Crippen molar-refractivity contribution >= 4 is 16.8 Å². The third-order valence-corrected chi connectivity index (χ3v) is 6.10. The molecular formula is C23H29N3O. The molecule has 0 radical (unpaired) electrons. The standard InChI is InChI=1S/C23H29N3O/c27-21(17-26-16-6-13-23(18-26)11-2-1-3-12-23)24-15-10-20-8-4-7-19-9-5-14-25-22(19)20/h1-2,4-5,7-9,14H,3,6,10-13,15-18H2,(H,24,27). The zero-order valence-electron chi connectivity index (χ0n) is 16.0. The number of likely N-dealkylation sites (tertiary alicyclic amines) is 1. The van der Waals surface area contributed by atoms with Gasteiger partial charge in [0.05, 0.1) is 12.1 Å². The predicted octanol–water partition coefficient (Wildman–Crippen LogP) is 3.72. The van der Waals surface area contributed by atoms with Crippen LogP contribution in [-0.4, -0.2) is 42.0 Å². The number of benzene rings is 1. The summed E-state index contributed by atoms with van der Waals surface area (Å²) in [5.41, 5.74) is 2.65. The predicted molar refractivity (Wildman–Crippen MR) is 110 cm³/mol. The Labute approximate surface area is 161 Å². The molecule has 4 rings (SSSR count). The number of aromatic nitrogens is 1. The molecule has 1 atom stereocenters. The van der Waals surface area contributed by atoms with E-state index in [-0.39, 0.29) is 5.91 Å². The van der Waals surface area contributed by atoms with Gasteiger partial charge in [0.1, 0.15) is 0 Å². The van der Waals surface area contributed by atoms with E-state index in [0.29, 0.717) is 18.5 Å². The minimum atomic E-state index is 0.145. The van der Waals surface area contributed by atoms with Crippen LogP contribution in [0.5, 0.6) is 0 Å². The minimum absolute atomic E-state index is 0.145. The molecule has 1 aromatic carbocycles. The van der Waals surface area contributed by atoms with Crippen LogP contribution in [0.1, 0.15) is 37.7 Å². The topological polar surface area (TPSA) is 45.2 Å². The zero-order valence-corrected chi connectivity index (χ0v) is 16.0. The van der Waals surface area contributed by atoms with Gasteiger partial charge in [-0.1, -0.05) is 36.4 Å². The van der Waals surface area contributed by atoms with Crippen molar-refractivity contribution in [2.45, 2.75) is 38.5 Å². The summed E-state index contributed by atoms with van der Waals surface area (Å²) in [6.07, 6.45) is 13.5. The molecule has 1 fully saturated rings. The van der Waals surface area contributed by atoms with Crippen molar-refractivity contribution in [1.29, 1.82) is 0 Å². The second-order valence-corrected chi connectivity index (χ2v) is 8.12. The van der Waals surface area contributed by atoms with Crippen LogP contribution >= 0.6 is 0 Å². The van der Waals surface area contributed by atoms with Crippen LogP contribution in [0.3, 0.4) is 0 Å². The van der Waals surface area contributed by atoms with Gasteiger partial charge >= 0.3 is 0 Å². The molecule has 1 N–H and O–H groups in total. The molecule has 0 bridgehead atoms. The van der Waals surface area contributed by atoms with Crippen LogP contribution < -0.4 is 5.32 Å². The summed E-state index contributed by atoms with van der Waals surface area (Å²) < 4.78 is 0. The van der Waals surface area contributed by atoms with E-state index in [1.54, 1.807) is 0 Å². The van der Waals surface area contributed by atoms with Crippen molar-refractivity contribution in [2.24, 2.45) is 5.41 Å². The highest BCUT2D eigenvalue weighted by Gasteiger charge is 2.35. The summed E-state index contributed by atoms with van der Waals surface area (Å²) in [6.45, 7) is 3.31. The van der Waals surface area contributed by atoms with Crippen molar-refractivity contribution in [1.82, 2.24) is 15.2 Å². The highest BCUT2D eigenvalue weighted by atomic mass is 16.2. The first-order chi connectivity index (χ1) is 13.2. The molecule has 1 aromatic heterocycles. The van der Waals surface area contributed by atoms with Gasteiger partial charge in [-0.15, -0.1) is 0 Å². The second-order valence-electron chi connectivity index (χ2n) is 8.12. The minimum Gasteiger partial charge on any atom is -0.355 e. The SMILES string of the molecule is O=C(CN1CCCC2(CC=CCC2)C1)NCCc1cccc2cccnc12. The Kier molecular flexibility index (Phi) is 5.53. The van der Waals surface area contributed by atoms with E-state index < -0.39 is 0 Å². The summed E-state index contributed by atoms with van der Waals surface area (Å²) in [5, 5.41) is 4.27. The highest BCUT2D eigenvalue weighted by Crippen LogP contribution is 2.40. The van der Waals surface area contributed by atoms with Crippen LogP contribution in [-0.2, 0) is 11.2 Å². The number of para-hydroxylation sites is 1. The number of rotatable bonds is 5. The average molecular weight is 364 g/mol. The van der Waals surface area contributed by atoms with E-state index >= 15 is 0 Å². The first-order valence-corrected chi connectivity index (χ1v) is 10.2. The first kappa shape index (κ1) is 18.2. The van der Waals surface area contributed by atoms with Crippen LogP contribution in [0.15, 0.2) is 48.7 Å². The number of nitrogens with zero attached hydrogens (tertiary/aromatic N) is 2. The number of amides is 1. The lowest BCUT2D eigenvalue weighted by molar-refractivity contribution is -0.123. The second kappa shape index (κ2) is 8.22. The van der Waals surface area contributed by atoms with E-state index in [9.17, 15) is 4.79 Å². The lowest BCUT2D eigenvalue weighted by Gasteiger charge is -2.43. The van der Waals surface area contributed by atoms with E-state index in [2.05, 4.69) is 51.6 Å². The third-order valence-electron chi connectivity index (χ3n) is 6.10. The fourth-order valence-electron chi connectivity index (χ4n) is 4.72. The smallest absolute Gasteiger partial charge is 0.234 e. The lowest BCUT2D eigenvalue weighted by Crippen LogP contribution is -2.47. The largest absolute Gasteiger partial charge is 0.355 e. The maximum Gasteiger partial charge on any atom is 0.234 e. The third kappa shape index (κ3) is 4.38. The van der Waals surface area contributed by atoms with Crippen molar-refractivity contribution in [2.75, 3.05) is 26.2 Å². The van der Waals surface area contributed by atoms with Crippen molar-refractivity contribution in [3.05, 3.63) is 54.2 Å². The van der Waals surface area contributed by atoms with Gasteiger partial charge in [-0.3, -0.25) is 14.7 Å². The Morgan fingerprint density at radius 1 is 1.19 bits per heavy atom. The molecule has 4 nitrogen and oxygen atoms in total. The highest BCUT2D eigenvalue weighted by molar-refractivity contribution is 5.81. The van der Waals surface area contributed by atoms with Crippen LogP contribution in [0.25, 0.3) is 10.9 Å². The first-order valence-electron chi connectivity index (χ1n) is 10.2. The maximum atomic E-state index is 12.5. The van der Waals surface area contributed by atoms with Gasteiger partial charge in [-0.25, -0.2) is 0 Å². The van der Waals surface area contributed by atoms with Crippen LogP contribution in [0.2, 0.25) is 0 Å². The van der Waals surface area contributed by atoms with E-state index in [1.807, 2.05) is 12.3 Å². The summed E-state index contributed by atoms with van der Waals surface area (Å²) in [5.74, 6) is 0.145. The van der Waals surface area contributed by atoms with Crippen molar-refractivity contribution in [3.63, 3.8) is 0 Å². The number of carbonyl (C=O) groups excluding carboxylic acids is 1. The Morgan fingerprint density at radius 2 is 2.11 bits per heavy atom. The fraction of sp³-hybridized carbons (Fsp3) is 0.478. The van der Waals surface area contributed by atoms with Crippen LogP contribution in [0.4, 0.5) is 0 Å². The van der Waals surface area contributed by atoms with Gasteiger partial charge in [0, 0.05) is 24.7 Å². The molecule has 2 aromatic rings. The summed E-state index contributed by atoms with van der Waals surface area (Å²) >= 11 is 0. The molecule has 2 aliphatic rings. The molecule has 1 aliphatic carbocycles. The average Bonchev–Trinajstić information content (AvgIpc) is 2.69. The van der Waals surface area contributed by atoms with E-state index in [4.69, 9.17) is 0 Å². The fourth-order valence-corrected chi connectivity index (χ4v) is 4.72. The number of hydrogen-bond acceptors (Lipinski definition) is 3. The molecule has 1 saturated heterocycles. The monoisotopic (exact) mass is 363 g/mol. The van der Waals surface area contributed by atoms with Gasteiger partial charge in [-0.2, -0.15) is 0 Å². The summed E-state index contributed by atoms with van der Waals surface area (Å²) in [7, 11) is 0. The number of piperidine rings is 1. The molecule has 2 heterocycles. The molecule has 1 amide bonds. The van der Waals surface area contributed by atoms with Gasteiger partial charge < -0.3 is 5.32 Å². The maximum absolute atomic E-state index is 12.5. The Balaban J connectivity index is 1.28. The Hall–Kier alpha value is -2.20. The zero-order chi connectivity index (χ0) is 18.5. The molecule has 1 aliphatic heterocycles. The molecular weight excluding hydrogens is 334 g/mol. The number of fused-ring (bicyclic) bond motifs is 1.